The maximum absolute atomic E-state index is 8.74. The van der Waals surface area contributed by atoms with E-state index in [2.05, 4.69) is 30.9 Å². The van der Waals surface area contributed by atoms with Crippen LogP contribution < -0.4 is 0 Å². The maximum Gasteiger partial charge on any atom is 0.114 e. The van der Waals surface area contributed by atoms with E-state index >= 15 is 0 Å². The SMILES string of the molecule is CCCC[N+](CCCC)(CCCC)N=[N+]=[N-]. The van der Waals surface area contributed by atoms with Crippen molar-refractivity contribution in [2.24, 2.45) is 5.22 Å². The molecule has 0 heterocycles. The van der Waals surface area contributed by atoms with Crippen molar-refractivity contribution in [1.29, 1.82) is 0 Å². The highest BCUT2D eigenvalue weighted by Crippen LogP contribution is 2.15. The van der Waals surface area contributed by atoms with Gasteiger partial charge < -0.3 is 0 Å². The fourth-order valence-electron chi connectivity index (χ4n) is 1.91. The van der Waals surface area contributed by atoms with Gasteiger partial charge in [0.2, 0.25) is 0 Å². The van der Waals surface area contributed by atoms with Crippen molar-refractivity contribution in [3.8, 4) is 0 Å². The summed E-state index contributed by atoms with van der Waals surface area (Å²) < 4.78 is 0.617. The average molecular weight is 227 g/mol. The van der Waals surface area contributed by atoms with E-state index in [1.807, 2.05) is 0 Å². The third-order valence-electron chi connectivity index (χ3n) is 3.01. The number of nitrogens with zero attached hydrogens (tertiary/aromatic N) is 4. The summed E-state index contributed by atoms with van der Waals surface area (Å²) >= 11 is 0. The van der Waals surface area contributed by atoms with E-state index in [0.29, 0.717) is 4.59 Å². The van der Waals surface area contributed by atoms with Crippen molar-refractivity contribution in [3.05, 3.63) is 10.4 Å². The molecule has 0 bridgehead atoms. The van der Waals surface area contributed by atoms with Crippen molar-refractivity contribution in [1.82, 2.24) is 0 Å². The van der Waals surface area contributed by atoms with E-state index in [9.17, 15) is 0 Å². The van der Waals surface area contributed by atoms with Gasteiger partial charge in [0.05, 0.1) is 24.5 Å². The van der Waals surface area contributed by atoms with Crippen LogP contribution in [0.25, 0.3) is 10.4 Å². The first kappa shape index (κ1) is 15.3. The van der Waals surface area contributed by atoms with Crippen LogP contribution in [-0.2, 0) is 0 Å². The van der Waals surface area contributed by atoms with Gasteiger partial charge in [0.1, 0.15) is 5.22 Å². The number of quaternary nitrogens is 1. The Morgan fingerprint density at radius 2 is 1.25 bits per heavy atom. The third-order valence-corrected chi connectivity index (χ3v) is 3.01. The topological polar surface area (TPSA) is 48.8 Å². The molecule has 4 nitrogen and oxygen atoms in total. The first-order valence-corrected chi connectivity index (χ1v) is 6.67. The first-order valence-electron chi connectivity index (χ1n) is 6.67. The summed E-state index contributed by atoms with van der Waals surface area (Å²) in [7, 11) is 0. The summed E-state index contributed by atoms with van der Waals surface area (Å²) in [6.45, 7) is 9.56. The first-order chi connectivity index (χ1) is 7.74. The molecule has 0 saturated carbocycles. The molecule has 0 N–H and O–H groups in total. The highest BCUT2D eigenvalue weighted by atomic mass is 15.7. The molecular formula is C12H27N4+. The van der Waals surface area contributed by atoms with Gasteiger partial charge in [-0.05, 0) is 19.3 Å². The standard InChI is InChI=1S/C12H27N4/c1-4-7-10-16(15-14-13,11-8-5-2)12-9-6-3/h4-12H2,1-3H3/q+1. The van der Waals surface area contributed by atoms with Crippen LogP contribution >= 0.6 is 0 Å². The maximum atomic E-state index is 8.74. The zero-order valence-electron chi connectivity index (χ0n) is 11.2. The smallest absolute Gasteiger partial charge is 0.114 e. The summed E-state index contributed by atoms with van der Waals surface area (Å²) in [6, 6.07) is 0. The van der Waals surface area contributed by atoms with E-state index in [-0.39, 0.29) is 0 Å². The number of unbranched alkanes of at least 4 members (excludes halogenated alkanes) is 3. The summed E-state index contributed by atoms with van der Waals surface area (Å²) in [6.07, 6.45) is 6.93. The lowest BCUT2D eigenvalue weighted by Gasteiger charge is -2.31. The molecule has 0 amide bonds. The van der Waals surface area contributed by atoms with Crippen LogP contribution in [0, 0.1) is 0 Å². The van der Waals surface area contributed by atoms with Crippen molar-refractivity contribution < 1.29 is 4.59 Å². The molecule has 0 fully saturated rings. The highest BCUT2D eigenvalue weighted by molar-refractivity contribution is 4.46. The average Bonchev–Trinajstić information content (AvgIpc) is 2.31. The predicted molar refractivity (Wildman–Crippen MR) is 68.7 cm³/mol. The van der Waals surface area contributed by atoms with Gasteiger partial charge in [-0.1, -0.05) is 40.0 Å². The minimum atomic E-state index is 0.617. The van der Waals surface area contributed by atoms with Gasteiger partial charge in [0.25, 0.3) is 0 Å². The van der Waals surface area contributed by atoms with Crippen molar-refractivity contribution >= 4 is 0 Å². The zero-order valence-corrected chi connectivity index (χ0v) is 11.2. The Hall–Kier alpha value is -0.730. The van der Waals surface area contributed by atoms with E-state index in [4.69, 9.17) is 5.53 Å². The number of hydrogen-bond acceptors (Lipinski definition) is 1. The zero-order chi connectivity index (χ0) is 12.3. The summed E-state index contributed by atoms with van der Waals surface area (Å²) in [5, 5.41) is 4.09. The molecule has 0 aliphatic carbocycles. The molecule has 0 atom stereocenters. The second-order valence-corrected chi connectivity index (χ2v) is 4.51. The van der Waals surface area contributed by atoms with Crippen LogP contribution in [0.2, 0.25) is 0 Å². The van der Waals surface area contributed by atoms with E-state index in [1.54, 1.807) is 0 Å². The number of rotatable bonds is 10. The lowest BCUT2D eigenvalue weighted by molar-refractivity contribution is -0.937. The molecule has 0 spiro atoms. The van der Waals surface area contributed by atoms with Crippen LogP contribution in [0.4, 0.5) is 0 Å². The second kappa shape index (κ2) is 9.49. The lowest BCUT2D eigenvalue weighted by Crippen LogP contribution is -2.44. The van der Waals surface area contributed by atoms with Crippen LogP contribution in [0.5, 0.6) is 0 Å². The summed E-state index contributed by atoms with van der Waals surface area (Å²) in [5.41, 5.74) is 8.74. The molecule has 0 aromatic carbocycles. The van der Waals surface area contributed by atoms with Gasteiger partial charge in [0.15, 0.2) is 0 Å². The Bertz CT molecular complexity index is 187. The molecule has 0 aliphatic heterocycles. The van der Waals surface area contributed by atoms with Gasteiger partial charge in [-0.2, -0.15) is 0 Å². The minimum absolute atomic E-state index is 0.617. The summed E-state index contributed by atoms with van der Waals surface area (Å²) in [4.78, 5) is 3.06. The van der Waals surface area contributed by atoms with E-state index in [0.717, 1.165) is 38.9 Å². The molecule has 4 heteroatoms. The molecule has 0 saturated heterocycles. The van der Waals surface area contributed by atoms with Crippen molar-refractivity contribution in [3.63, 3.8) is 0 Å². The molecule has 0 unspecified atom stereocenters. The monoisotopic (exact) mass is 227 g/mol. The Morgan fingerprint density at radius 1 is 0.875 bits per heavy atom. The van der Waals surface area contributed by atoms with Gasteiger partial charge in [-0.3, -0.25) is 0 Å². The molecule has 0 aliphatic rings. The van der Waals surface area contributed by atoms with Crippen LogP contribution in [0.3, 0.4) is 0 Å². The van der Waals surface area contributed by atoms with Crippen LogP contribution in [0.1, 0.15) is 59.3 Å². The van der Waals surface area contributed by atoms with Gasteiger partial charge >= 0.3 is 0 Å². The Kier molecular flexibility index (Phi) is 9.06. The minimum Gasteiger partial charge on any atom is -0.214 e. The molecule has 94 valence electrons. The number of hydrogen-bond donors (Lipinski definition) is 0. The predicted octanol–water partition coefficient (Wildman–Crippen LogP) is 4.43. The molecular weight excluding hydrogens is 200 g/mol. The Balaban J connectivity index is 4.51. The van der Waals surface area contributed by atoms with Gasteiger partial charge in [0, 0.05) is 5.53 Å². The normalized spacial score (nSPS) is 11.2. The molecule has 0 aromatic rings. The van der Waals surface area contributed by atoms with E-state index in [1.165, 1.54) is 19.3 Å². The second-order valence-electron chi connectivity index (χ2n) is 4.51. The van der Waals surface area contributed by atoms with Crippen LogP contribution in [0.15, 0.2) is 5.22 Å². The quantitative estimate of drug-likeness (QED) is 0.174. The Labute approximate surface area is 99.8 Å². The highest BCUT2D eigenvalue weighted by Gasteiger charge is 2.25. The molecule has 0 rings (SSSR count). The molecule has 0 aromatic heterocycles. The van der Waals surface area contributed by atoms with Crippen molar-refractivity contribution in [2.75, 3.05) is 19.6 Å². The largest absolute Gasteiger partial charge is 0.214 e. The van der Waals surface area contributed by atoms with Crippen molar-refractivity contribution in [2.45, 2.75) is 59.3 Å². The molecule has 16 heavy (non-hydrogen) atoms. The van der Waals surface area contributed by atoms with Gasteiger partial charge in [-0.15, -0.1) is 0 Å². The van der Waals surface area contributed by atoms with E-state index < -0.39 is 0 Å². The lowest BCUT2D eigenvalue weighted by atomic mass is 10.2. The fourth-order valence-corrected chi connectivity index (χ4v) is 1.91. The summed E-state index contributed by atoms with van der Waals surface area (Å²) in [5.74, 6) is 0. The van der Waals surface area contributed by atoms with Gasteiger partial charge in [-0.25, -0.2) is 4.59 Å². The van der Waals surface area contributed by atoms with Crippen LogP contribution in [-0.4, -0.2) is 24.2 Å². The fraction of sp³-hybridized carbons (Fsp3) is 1.00. The molecule has 0 radical (unpaired) electrons. The third kappa shape index (κ3) is 5.99. The number of azide groups is 1. The Morgan fingerprint density at radius 3 is 1.50 bits per heavy atom.